The van der Waals surface area contributed by atoms with Crippen molar-refractivity contribution in [2.75, 3.05) is 31.7 Å². The summed E-state index contributed by atoms with van der Waals surface area (Å²) in [4.78, 5) is 43.1. The number of hydrogen-bond acceptors (Lipinski definition) is 6. The molecule has 2 amide bonds. The fraction of sp³-hybridized carbons (Fsp3) is 0.542. The Morgan fingerprint density at radius 1 is 1.36 bits per heavy atom. The maximum absolute atomic E-state index is 14.2. The van der Waals surface area contributed by atoms with Gasteiger partial charge < -0.3 is 24.7 Å². The molecule has 3 unspecified atom stereocenters. The number of aliphatic hydroxyl groups is 1. The summed E-state index contributed by atoms with van der Waals surface area (Å²) in [5, 5.41) is 19.2. The molecule has 1 aromatic carbocycles. The molecule has 9 heteroatoms. The van der Waals surface area contributed by atoms with Gasteiger partial charge >= 0.3 is 5.97 Å². The molecule has 4 rings (SSSR count). The number of methoxy groups -OCH3 is 1. The van der Waals surface area contributed by atoms with E-state index in [1.54, 1.807) is 42.4 Å². The van der Waals surface area contributed by atoms with Gasteiger partial charge in [-0.15, -0.1) is 18.3 Å². The summed E-state index contributed by atoms with van der Waals surface area (Å²) in [6, 6.07) is 6.29. The van der Waals surface area contributed by atoms with Crippen molar-refractivity contribution in [1.29, 1.82) is 0 Å². The maximum atomic E-state index is 14.2. The quantitative estimate of drug-likeness (QED) is 0.527. The lowest BCUT2D eigenvalue weighted by Crippen LogP contribution is -2.57. The third kappa shape index (κ3) is 3.52. The highest BCUT2D eigenvalue weighted by Crippen LogP contribution is 2.68. The van der Waals surface area contributed by atoms with Crippen molar-refractivity contribution in [3.8, 4) is 5.75 Å². The molecule has 8 nitrogen and oxygen atoms in total. The van der Waals surface area contributed by atoms with Gasteiger partial charge in [0.05, 0.1) is 23.7 Å². The molecule has 3 fully saturated rings. The van der Waals surface area contributed by atoms with Crippen molar-refractivity contribution < 1.29 is 29.3 Å². The highest BCUT2D eigenvalue weighted by molar-refractivity contribution is 8.02. The van der Waals surface area contributed by atoms with Crippen LogP contribution in [0.1, 0.15) is 19.8 Å². The first kappa shape index (κ1) is 23.6. The first-order chi connectivity index (χ1) is 15.8. The number of rotatable bonds is 9. The monoisotopic (exact) mass is 474 g/mol. The van der Waals surface area contributed by atoms with E-state index in [2.05, 4.69) is 6.58 Å². The van der Waals surface area contributed by atoms with Crippen LogP contribution in [0.4, 0.5) is 5.69 Å². The predicted molar refractivity (Wildman–Crippen MR) is 125 cm³/mol. The molecule has 0 radical (unpaired) electrons. The van der Waals surface area contributed by atoms with Gasteiger partial charge in [-0.1, -0.05) is 13.0 Å². The summed E-state index contributed by atoms with van der Waals surface area (Å²) >= 11 is 1.51. The molecule has 178 valence electrons. The molecule has 3 saturated heterocycles. The minimum atomic E-state index is -0.979. The number of anilines is 1. The second-order valence-electron chi connectivity index (χ2n) is 8.94. The van der Waals surface area contributed by atoms with Gasteiger partial charge in [0.2, 0.25) is 5.91 Å². The van der Waals surface area contributed by atoms with Crippen LogP contribution in [0.15, 0.2) is 36.9 Å². The van der Waals surface area contributed by atoms with E-state index >= 15 is 0 Å². The fourth-order valence-corrected chi connectivity index (χ4v) is 8.33. The number of benzene rings is 1. The van der Waals surface area contributed by atoms with Crippen LogP contribution >= 0.6 is 11.8 Å². The lowest BCUT2D eigenvalue weighted by molar-refractivity contribution is -0.149. The van der Waals surface area contributed by atoms with Gasteiger partial charge in [0.15, 0.2) is 0 Å². The van der Waals surface area contributed by atoms with Gasteiger partial charge in [-0.25, -0.2) is 0 Å². The Balaban J connectivity index is 1.79. The molecule has 0 saturated carbocycles. The molecule has 0 aromatic heterocycles. The first-order valence-electron chi connectivity index (χ1n) is 11.2. The lowest BCUT2D eigenvalue weighted by atomic mass is 9.66. The van der Waals surface area contributed by atoms with Crippen molar-refractivity contribution in [3.05, 3.63) is 36.9 Å². The zero-order chi connectivity index (χ0) is 23.9. The zero-order valence-corrected chi connectivity index (χ0v) is 19.7. The molecule has 33 heavy (non-hydrogen) atoms. The Morgan fingerprint density at radius 2 is 2.06 bits per heavy atom. The zero-order valence-electron chi connectivity index (χ0n) is 18.8. The van der Waals surface area contributed by atoms with E-state index in [1.807, 2.05) is 6.92 Å². The average Bonchev–Trinajstić information content (AvgIpc) is 3.39. The normalized spacial score (nSPS) is 32.0. The Bertz CT molecular complexity index is 953. The minimum Gasteiger partial charge on any atom is -0.497 e. The number of hydrogen-bond donors (Lipinski definition) is 2. The van der Waals surface area contributed by atoms with Gasteiger partial charge in [0.1, 0.15) is 11.8 Å². The second kappa shape index (κ2) is 9.02. The van der Waals surface area contributed by atoms with Crippen LogP contribution in [0, 0.1) is 17.8 Å². The average molecular weight is 475 g/mol. The summed E-state index contributed by atoms with van der Waals surface area (Å²) in [6.45, 7) is 6.15. The summed E-state index contributed by atoms with van der Waals surface area (Å²) in [5.41, 5.74) is 0.648. The molecule has 2 N–H and O–H groups in total. The van der Waals surface area contributed by atoms with Crippen LogP contribution < -0.4 is 9.64 Å². The number of likely N-dealkylation sites (tertiary alicyclic amines) is 1. The van der Waals surface area contributed by atoms with Crippen molar-refractivity contribution in [2.45, 2.75) is 35.8 Å². The number of thioether (sulfide) groups is 1. The summed E-state index contributed by atoms with van der Waals surface area (Å²) in [5.74, 6) is -2.40. The molecule has 1 aromatic rings. The summed E-state index contributed by atoms with van der Waals surface area (Å²) in [7, 11) is 1.57. The molecule has 0 aliphatic carbocycles. The number of carbonyl (C=O) groups is 3. The molecule has 3 aliphatic heterocycles. The van der Waals surface area contributed by atoms with E-state index in [-0.39, 0.29) is 42.7 Å². The van der Waals surface area contributed by atoms with Crippen LogP contribution in [0.3, 0.4) is 0 Å². The van der Waals surface area contributed by atoms with E-state index in [9.17, 15) is 24.6 Å². The second-order valence-corrected chi connectivity index (χ2v) is 10.5. The van der Waals surface area contributed by atoms with Crippen molar-refractivity contribution in [2.24, 2.45) is 17.8 Å². The van der Waals surface area contributed by atoms with Crippen LogP contribution in [-0.4, -0.2) is 75.7 Å². The number of carboxylic acids is 1. The third-order valence-electron chi connectivity index (χ3n) is 7.28. The molecule has 2 bridgehead atoms. The Morgan fingerprint density at radius 3 is 2.64 bits per heavy atom. The summed E-state index contributed by atoms with van der Waals surface area (Å²) < 4.78 is 4.43. The largest absolute Gasteiger partial charge is 0.497 e. The molecule has 6 atom stereocenters. The van der Waals surface area contributed by atoms with E-state index in [1.165, 1.54) is 16.7 Å². The lowest BCUT2D eigenvalue weighted by Gasteiger charge is -2.40. The topological polar surface area (TPSA) is 107 Å². The summed E-state index contributed by atoms with van der Waals surface area (Å²) in [6.07, 6.45) is 2.62. The third-order valence-corrected chi connectivity index (χ3v) is 9.36. The highest BCUT2D eigenvalue weighted by atomic mass is 32.2. The number of aliphatic hydroxyl groups excluding tert-OH is 1. The number of nitrogens with zero attached hydrogens (tertiary/aromatic N) is 2. The Kier molecular flexibility index (Phi) is 6.46. The van der Waals surface area contributed by atoms with Gasteiger partial charge in [-0.2, -0.15) is 0 Å². The van der Waals surface area contributed by atoms with Crippen LogP contribution in [0.5, 0.6) is 5.75 Å². The number of fused-ring (bicyclic) bond motifs is 1. The maximum Gasteiger partial charge on any atom is 0.308 e. The SMILES string of the molecule is C=CCN(C(=O)C1N(CCCO)C(=O)[C@@H]2[C@@H](C(=O)O)[C@H]3CC(C)C12S3)c1ccc(OC)cc1. The van der Waals surface area contributed by atoms with Gasteiger partial charge in [0.25, 0.3) is 5.91 Å². The molecular weight excluding hydrogens is 444 g/mol. The van der Waals surface area contributed by atoms with Crippen LogP contribution in [0.2, 0.25) is 0 Å². The number of aliphatic carboxylic acids is 1. The van der Waals surface area contributed by atoms with Crippen molar-refractivity contribution >= 4 is 35.2 Å². The molecule has 3 heterocycles. The van der Waals surface area contributed by atoms with E-state index < -0.39 is 28.6 Å². The molecule has 1 spiro atoms. The smallest absolute Gasteiger partial charge is 0.308 e. The van der Waals surface area contributed by atoms with E-state index in [0.29, 0.717) is 24.3 Å². The number of carbonyl (C=O) groups excluding carboxylic acids is 2. The highest BCUT2D eigenvalue weighted by Gasteiger charge is 2.76. The Hall–Kier alpha value is -2.52. The first-order valence-corrected chi connectivity index (χ1v) is 12.1. The minimum absolute atomic E-state index is 0.00609. The number of ether oxygens (including phenoxy) is 1. The molecule has 3 aliphatic rings. The van der Waals surface area contributed by atoms with Gasteiger partial charge in [-0.3, -0.25) is 14.4 Å². The fourth-order valence-electron chi connectivity index (χ4n) is 5.92. The number of carboxylic acid groups (broad SMARTS) is 1. The standard InChI is InChI=1S/C24H30N2O6S/c1-4-10-25(15-6-8-16(32-3)9-7-15)22(29)20-24-14(2)13-17(33-24)18(23(30)31)19(24)21(28)26(20)11-5-12-27/h4,6-9,14,17-20,27H,1,5,10-13H2,2-3H3,(H,30,31)/t14?,17-,18+,19+,20?,24?/m1/s1. The van der Waals surface area contributed by atoms with Crippen LogP contribution in [0.25, 0.3) is 0 Å². The van der Waals surface area contributed by atoms with E-state index in [4.69, 9.17) is 4.74 Å². The van der Waals surface area contributed by atoms with Crippen molar-refractivity contribution in [1.82, 2.24) is 4.90 Å². The number of amides is 2. The van der Waals surface area contributed by atoms with Gasteiger partial charge in [0, 0.05) is 30.6 Å². The van der Waals surface area contributed by atoms with Gasteiger partial charge in [-0.05, 0) is 43.0 Å². The Labute approximate surface area is 197 Å². The van der Waals surface area contributed by atoms with Crippen molar-refractivity contribution in [3.63, 3.8) is 0 Å². The van der Waals surface area contributed by atoms with Crippen LogP contribution in [-0.2, 0) is 14.4 Å². The molecular formula is C24H30N2O6S. The predicted octanol–water partition coefficient (Wildman–Crippen LogP) is 2.02. The van der Waals surface area contributed by atoms with E-state index in [0.717, 1.165) is 0 Å².